The number of carbonyl (C=O) groups is 1. The van der Waals surface area contributed by atoms with E-state index in [9.17, 15) is 4.79 Å². The number of aromatic hydroxyl groups is 1. The molecule has 0 aliphatic heterocycles. The summed E-state index contributed by atoms with van der Waals surface area (Å²) in [5.74, 6) is -0.222. The van der Waals surface area contributed by atoms with Crippen LogP contribution in [0.2, 0.25) is 0 Å². The van der Waals surface area contributed by atoms with E-state index in [1.165, 1.54) is 24.3 Å². The zero-order chi connectivity index (χ0) is 11.7. The molecule has 0 heterocycles. The lowest BCUT2D eigenvalue weighted by Crippen LogP contribution is -2.03. The van der Waals surface area contributed by atoms with Crippen LogP contribution in [0.15, 0.2) is 24.3 Å². The van der Waals surface area contributed by atoms with Crippen molar-refractivity contribution in [3.05, 3.63) is 29.8 Å². The molecule has 0 radical (unpaired) electrons. The summed E-state index contributed by atoms with van der Waals surface area (Å²) in [6.07, 6.45) is 0. The first-order chi connectivity index (χ1) is 7.15. The summed E-state index contributed by atoms with van der Waals surface area (Å²) in [7, 11) is -1.42. The largest absolute Gasteiger partial charge is 0.549 e. The third-order valence-electron chi connectivity index (χ3n) is 1.38. The van der Waals surface area contributed by atoms with Gasteiger partial charge in [0, 0.05) is 0 Å². The van der Waals surface area contributed by atoms with E-state index in [0.29, 0.717) is 12.2 Å². The average Bonchev–Trinajstić information content (AvgIpc) is 2.20. The highest BCUT2D eigenvalue weighted by Gasteiger charge is 2.04. The molecule has 1 aromatic rings. The summed E-state index contributed by atoms with van der Waals surface area (Å²) in [4.78, 5) is 11.1. The Morgan fingerprint density at radius 1 is 1.33 bits per heavy atom. The fourth-order valence-electron chi connectivity index (χ4n) is 0.812. The van der Waals surface area contributed by atoms with Crippen molar-refractivity contribution >= 4 is 15.3 Å². The molecule has 0 saturated carbocycles. The molecule has 5 nitrogen and oxygen atoms in total. The van der Waals surface area contributed by atoms with Crippen LogP contribution in [0, 0.1) is 0 Å². The predicted molar refractivity (Wildman–Crippen MR) is 51.2 cm³/mol. The number of hydrogen-bond donors (Lipinski definition) is 1. The van der Waals surface area contributed by atoms with Gasteiger partial charge in [-0.2, -0.15) is 0 Å². The summed E-state index contributed by atoms with van der Waals surface area (Å²) in [6, 6.07) is 5.94. The number of rotatable bonds is 2. The van der Waals surface area contributed by atoms with Gasteiger partial charge in [-0.3, -0.25) is 8.92 Å². The second-order valence-electron chi connectivity index (χ2n) is 2.35. The molecule has 0 amide bonds. The summed E-state index contributed by atoms with van der Waals surface area (Å²) < 4.78 is 21.6. The summed E-state index contributed by atoms with van der Waals surface area (Å²) in [5, 5.41) is 8.92. The van der Waals surface area contributed by atoms with Crippen molar-refractivity contribution in [1.82, 2.24) is 0 Å². The minimum atomic E-state index is -1.42. The molecular formula is C9H10O5Si. The molecule has 15 heavy (non-hydrogen) atoms. The molecular weight excluding hydrogens is 216 g/mol. The van der Waals surface area contributed by atoms with Crippen LogP contribution in [0.4, 0.5) is 0 Å². The van der Waals surface area contributed by atoms with E-state index >= 15 is 0 Å². The molecule has 0 bridgehead atoms. The first-order valence-electron chi connectivity index (χ1n) is 4.11. The van der Waals surface area contributed by atoms with Crippen molar-refractivity contribution < 1.29 is 23.6 Å². The molecule has 1 rings (SSSR count). The SMILES string of the molecule is CCOC(=O)c1ccc(O)cc1.O=[Si]=O. The van der Waals surface area contributed by atoms with Gasteiger partial charge in [0.15, 0.2) is 0 Å². The Labute approximate surface area is 88.6 Å². The third-order valence-corrected chi connectivity index (χ3v) is 1.38. The Morgan fingerprint density at radius 2 is 1.80 bits per heavy atom. The Bertz CT molecular complexity index is 340. The van der Waals surface area contributed by atoms with Crippen molar-refractivity contribution in [2.24, 2.45) is 0 Å². The summed E-state index contributed by atoms with van der Waals surface area (Å²) >= 11 is 0. The van der Waals surface area contributed by atoms with Gasteiger partial charge < -0.3 is 9.84 Å². The number of esters is 1. The molecule has 0 unspecified atom stereocenters. The number of carbonyl (C=O) groups excluding carboxylic acids is 1. The van der Waals surface area contributed by atoms with Gasteiger partial charge in [-0.15, -0.1) is 0 Å². The standard InChI is InChI=1S/C9H10O3.O2Si/c1-2-12-9(11)7-3-5-8(10)6-4-7;1-3-2/h3-6,10H,2H2,1H3;. The van der Waals surface area contributed by atoms with Crippen LogP contribution < -0.4 is 0 Å². The molecule has 6 heteroatoms. The number of ether oxygens (including phenoxy) is 1. The Morgan fingerprint density at radius 3 is 2.20 bits per heavy atom. The Kier molecular flexibility index (Phi) is 6.82. The highest BCUT2D eigenvalue weighted by molar-refractivity contribution is 5.94. The van der Waals surface area contributed by atoms with E-state index in [4.69, 9.17) is 18.8 Å². The van der Waals surface area contributed by atoms with Crippen LogP contribution in [0.25, 0.3) is 0 Å². The lowest BCUT2D eigenvalue weighted by Gasteiger charge is -2.00. The summed E-state index contributed by atoms with van der Waals surface area (Å²) in [6.45, 7) is 2.11. The van der Waals surface area contributed by atoms with Crippen molar-refractivity contribution in [1.29, 1.82) is 0 Å². The molecule has 0 aliphatic rings. The molecule has 0 aliphatic carbocycles. The van der Waals surface area contributed by atoms with Crippen LogP contribution in [0.1, 0.15) is 17.3 Å². The first kappa shape index (κ1) is 13.3. The number of phenolic OH excluding ortho intramolecular Hbond substituents is 1. The zero-order valence-corrected chi connectivity index (χ0v) is 9.10. The van der Waals surface area contributed by atoms with Crippen molar-refractivity contribution in [3.8, 4) is 5.75 Å². The molecule has 1 N–H and O–H groups in total. The predicted octanol–water partition coefficient (Wildman–Crippen LogP) is 0.950. The number of benzene rings is 1. The van der Waals surface area contributed by atoms with Gasteiger partial charge >= 0.3 is 15.3 Å². The maximum atomic E-state index is 11.1. The quantitative estimate of drug-likeness (QED) is 0.599. The van der Waals surface area contributed by atoms with Gasteiger partial charge in [-0.1, -0.05) is 0 Å². The molecule has 0 fully saturated rings. The topological polar surface area (TPSA) is 80.7 Å². The molecule has 0 aromatic heterocycles. The van der Waals surface area contributed by atoms with E-state index in [0.717, 1.165) is 0 Å². The Balaban J connectivity index is 0.000000583. The molecule has 0 atom stereocenters. The average molecular weight is 226 g/mol. The van der Waals surface area contributed by atoms with Crippen LogP contribution in [0.5, 0.6) is 5.75 Å². The monoisotopic (exact) mass is 226 g/mol. The molecule has 1 aromatic carbocycles. The van der Waals surface area contributed by atoms with E-state index in [1.54, 1.807) is 6.92 Å². The maximum absolute atomic E-state index is 11.1. The Hall–Kier alpha value is -1.69. The van der Waals surface area contributed by atoms with Crippen LogP contribution in [-0.4, -0.2) is 27.0 Å². The number of phenols is 1. The van der Waals surface area contributed by atoms with Crippen LogP contribution in [-0.2, 0) is 13.7 Å². The highest BCUT2D eigenvalue weighted by Crippen LogP contribution is 2.10. The number of hydrogen-bond acceptors (Lipinski definition) is 5. The first-order valence-corrected chi connectivity index (χ1v) is 4.92. The molecule has 80 valence electrons. The van der Waals surface area contributed by atoms with Crippen LogP contribution >= 0.6 is 0 Å². The molecule has 0 spiro atoms. The van der Waals surface area contributed by atoms with Crippen LogP contribution in [0.3, 0.4) is 0 Å². The summed E-state index contributed by atoms with van der Waals surface area (Å²) in [5.41, 5.74) is 0.453. The lowest BCUT2D eigenvalue weighted by molar-refractivity contribution is 0.0526. The van der Waals surface area contributed by atoms with Gasteiger partial charge in [0.2, 0.25) is 0 Å². The van der Waals surface area contributed by atoms with E-state index in [1.807, 2.05) is 0 Å². The second kappa shape index (κ2) is 7.69. The van der Waals surface area contributed by atoms with Gasteiger partial charge in [-0.05, 0) is 31.2 Å². The minimum absolute atomic E-state index is 0.142. The fourth-order valence-corrected chi connectivity index (χ4v) is 0.812. The van der Waals surface area contributed by atoms with E-state index in [-0.39, 0.29) is 11.7 Å². The van der Waals surface area contributed by atoms with Gasteiger partial charge in [0.05, 0.1) is 12.2 Å². The fraction of sp³-hybridized carbons (Fsp3) is 0.222. The van der Waals surface area contributed by atoms with Crippen molar-refractivity contribution in [2.75, 3.05) is 6.61 Å². The van der Waals surface area contributed by atoms with Crippen molar-refractivity contribution in [3.63, 3.8) is 0 Å². The smallest absolute Gasteiger partial charge is 0.508 e. The third kappa shape index (κ3) is 5.58. The second-order valence-corrected chi connectivity index (χ2v) is 2.52. The normalized spacial score (nSPS) is 8.07. The van der Waals surface area contributed by atoms with Gasteiger partial charge in [0.1, 0.15) is 5.75 Å². The van der Waals surface area contributed by atoms with E-state index in [2.05, 4.69) is 0 Å². The molecule has 0 saturated heterocycles. The van der Waals surface area contributed by atoms with Gasteiger partial charge in [-0.25, -0.2) is 4.79 Å². The van der Waals surface area contributed by atoms with Gasteiger partial charge in [0.25, 0.3) is 0 Å². The maximum Gasteiger partial charge on any atom is 0.549 e. The zero-order valence-electron chi connectivity index (χ0n) is 8.10. The lowest BCUT2D eigenvalue weighted by atomic mass is 10.2. The minimum Gasteiger partial charge on any atom is -0.508 e. The van der Waals surface area contributed by atoms with E-state index < -0.39 is 9.29 Å². The van der Waals surface area contributed by atoms with Crippen molar-refractivity contribution in [2.45, 2.75) is 6.92 Å². The highest BCUT2D eigenvalue weighted by atomic mass is 28.2.